The molecule has 1 aromatic heterocycles. The lowest BCUT2D eigenvalue weighted by molar-refractivity contribution is -0.138. The van der Waals surface area contributed by atoms with Crippen molar-refractivity contribution in [1.82, 2.24) is 4.98 Å². The number of ether oxygens (including phenoxy) is 1. The van der Waals surface area contributed by atoms with Crippen molar-refractivity contribution in [3.05, 3.63) is 33.2 Å². The van der Waals surface area contributed by atoms with Crippen LogP contribution >= 0.6 is 0 Å². The Hall–Kier alpha value is -1.79. The summed E-state index contributed by atoms with van der Waals surface area (Å²) in [7, 11) is 0.942. The van der Waals surface area contributed by atoms with Crippen LogP contribution < -0.4 is 5.56 Å². The van der Waals surface area contributed by atoms with Gasteiger partial charge in [-0.2, -0.15) is 13.2 Å². The second-order valence-corrected chi connectivity index (χ2v) is 3.99. The second kappa shape index (κ2) is 4.83. The lowest BCUT2D eigenvalue weighted by Crippen LogP contribution is -2.24. The number of hydrogen-bond donors (Lipinski definition) is 1. The molecular formula is C11H12F3NO3. The third-order valence-electron chi connectivity index (χ3n) is 2.39. The molecule has 7 heteroatoms. The molecule has 0 atom stereocenters. The minimum absolute atomic E-state index is 0.0324. The van der Waals surface area contributed by atoms with Crippen LogP contribution in [0.2, 0.25) is 0 Å². The Kier molecular flexibility index (Phi) is 3.83. The Morgan fingerprint density at radius 2 is 1.94 bits per heavy atom. The van der Waals surface area contributed by atoms with E-state index in [0.29, 0.717) is 6.07 Å². The van der Waals surface area contributed by atoms with E-state index < -0.39 is 29.0 Å². The smallest absolute Gasteiger partial charge is 0.418 e. The van der Waals surface area contributed by atoms with Crippen LogP contribution in [0, 0.1) is 0 Å². The van der Waals surface area contributed by atoms with Crippen LogP contribution in [0.4, 0.5) is 13.2 Å². The van der Waals surface area contributed by atoms with Crippen LogP contribution in [0.1, 0.15) is 41.4 Å². The van der Waals surface area contributed by atoms with E-state index in [1.165, 1.54) is 0 Å². The largest absolute Gasteiger partial charge is 0.464 e. The zero-order valence-corrected chi connectivity index (χ0v) is 10.0. The van der Waals surface area contributed by atoms with Crippen LogP contribution in [0.5, 0.6) is 0 Å². The van der Waals surface area contributed by atoms with E-state index in [9.17, 15) is 22.8 Å². The predicted molar refractivity (Wildman–Crippen MR) is 57.5 cm³/mol. The molecule has 1 heterocycles. The molecule has 0 aromatic carbocycles. The summed E-state index contributed by atoms with van der Waals surface area (Å²) in [5, 5.41) is 0. The molecule has 18 heavy (non-hydrogen) atoms. The lowest BCUT2D eigenvalue weighted by Gasteiger charge is -2.13. The second-order valence-electron chi connectivity index (χ2n) is 3.99. The van der Waals surface area contributed by atoms with Crippen LogP contribution in [-0.4, -0.2) is 18.1 Å². The summed E-state index contributed by atoms with van der Waals surface area (Å²) in [6.07, 6.45) is -4.74. The van der Waals surface area contributed by atoms with Gasteiger partial charge in [0, 0.05) is 5.56 Å². The van der Waals surface area contributed by atoms with Crippen molar-refractivity contribution < 1.29 is 22.7 Å². The molecule has 0 saturated heterocycles. The number of hydrogen-bond acceptors (Lipinski definition) is 3. The SMILES string of the molecule is COC(=O)c1[nH]c(=O)c(C(C)C)cc1C(F)(F)F. The Morgan fingerprint density at radius 1 is 1.39 bits per heavy atom. The molecule has 0 aliphatic rings. The molecule has 1 rings (SSSR count). The third-order valence-corrected chi connectivity index (χ3v) is 2.39. The summed E-state index contributed by atoms with van der Waals surface area (Å²) in [5.74, 6) is -1.61. The van der Waals surface area contributed by atoms with Crippen molar-refractivity contribution in [2.24, 2.45) is 0 Å². The van der Waals surface area contributed by atoms with Crippen molar-refractivity contribution in [1.29, 1.82) is 0 Å². The zero-order chi connectivity index (χ0) is 14.1. The fraction of sp³-hybridized carbons (Fsp3) is 0.455. The first-order valence-corrected chi connectivity index (χ1v) is 5.11. The van der Waals surface area contributed by atoms with E-state index in [-0.39, 0.29) is 11.5 Å². The molecule has 0 fully saturated rings. The molecule has 1 aromatic rings. The molecule has 0 aliphatic heterocycles. The number of nitrogens with one attached hydrogen (secondary N) is 1. The Labute approximate surface area is 101 Å². The zero-order valence-electron chi connectivity index (χ0n) is 10.0. The van der Waals surface area contributed by atoms with E-state index in [0.717, 1.165) is 7.11 Å². The van der Waals surface area contributed by atoms with E-state index in [1.807, 2.05) is 4.98 Å². The van der Waals surface area contributed by atoms with Gasteiger partial charge in [0.1, 0.15) is 5.69 Å². The van der Waals surface area contributed by atoms with E-state index in [4.69, 9.17) is 0 Å². The summed E-state index contributed by atoms with van der Waals surface area (Å²) in [4.78, 5) is 24.7. The molecule has 1 N–H and O–H groups in total. The number of halogens is 3. The van der Waals surface area contributed by atoms with Crippen molar-refractivity contribution in [3.8, 4) is 0 Å². The summed E-state index contributed by atoms with van der Waals surface area (Å²) in [6.45, 7) is 3.17. The number of rotatable bonds is 2. The van der Waals surface area contributed by atoms with Gasteiger partial charge in [0.2, 0.25) is 0 Å². The van der Waals surface area contributed by atoms with Gasteiger partial charge >= 0.3 is 12.1 Å². The Bertz CT molecular complexity index is 517. The van der Waals surface area contributed by atoms with Crippen molar-refractivity contribution in [2.75, 3.05) is 7.11 Å². The van der Waals surface area contributed by atoms with Gasteiger partial charge in [-0.3, -0.25) is 4.79 Å². The average molecular weight is 263 g/mol. The van der Waals surface area contributed by atoms with Gasteiger partial charge in [0.25, 0.3) is 5.56 Å². The molecular weight excluding hydrogens is 251 g/mol. The van der Waals surface area contributed by atoms with E-state index in [2.05, 4.69) is 4.74 Å². The quantitative estimate of drug-likeness (QED) is 0.833. The number of aromatic nitrogens is 1. The minimum Gasteiger partial charge on any atom is -0.464 e. The van der Waals surface area contributed by atoms with Crippen LogP contribution in [0.25, 0.3) is 0 Å². The monoisotopic (exact) mass is 263 g/mol. The first-order valence-electron chi connectivity index (χ1n) is 5.11. The highest BCUT2D eigenvalue weighted by Gasteiger charge is 2.37. The number of pyridine rings is 1. The molecule has 0 unspecified atom stereocenters. The molecule has 0 spiro atoms. The fourth-order valence-corrected chi connectivity index (χ4v) is 1.46. The number of aromatic amines is 1. The highest BCUT2D eigenvalue weighted by molar-refractivity contribution is 5.89. The van der Waals surface area contributed by atoms with Gasteiger partial charge in [-0.15, -0.1) is 0 Å². The third kappa shape index (κ3) is 2.72. The first-order chi connectivity index (χ1) is 8.18. The number of H-pyrrole nitrogens is 1. The number of methoxy groups -OCH3 is 1. The van der Waals surface area contributed by atoms with Crippen LogP contribution in [0.3, 0.4) is 0 Å². The molecule has 100 valence electrons. The van der Waals surface area contributed by atoms with Gasteiger partial charge in [-0.25, -0.2) is 4.79 Å². The average Bonchev–Trinajstić information content (AvgIpc) is 2.25. The highest BCUT2D eigenvalue weighted by Crippen LogP contribution is 2.32. The van der Waals surface area contributed by atoms with E-state index >= 15 is 0 Å². The highest BCUT2D eigenvalue weighted by atomic mass is 19.4. The van der Waals surface area contributed by atoms with Crippen molar-refractivity contribution in [2.45, 2.75) is 25.9 Å². The minimum atomic E-state index is -4.74. The van der Waals surface area contributed by atoms with Crippen molar-refractivity contribution >= 4 is 5.97 Å². The topological polar surface area (TPSA) is 59.2 Å². The molecule has 0 amide bonds. The van der Waals surface area contributed by atoms with Crippen LogP contribution in [-0.2, 0) is 10.9 Å². The van der Waals surface area contributed by atoms with E-state index in [1.54, 1.807) is 13.8 Å². The maximum Gasteiger partial charge on any atom is 0.418 e. The molecule has 0 aliphatic carbocycles. The molecule has 4 nitrogen and oxygen atoms in total. The van der Waals surface area contributed by atoms with Crippen LogP contribution in [0.15, 0.2) is 10.9 Å². The summed E-state index contributed by atoms with van der Waals surface area (Å²) in [5.41, 5.74) is -2.83. The van der Waals surface area contributed by atoms with Gasteiger partial charge in [0.15, 0.2) is 0 Å². The Balaban J connectivity index is 3.58. The van der Waals surface area contributed by atoms with Gasteiger partial charge < -0.3 is 9.72 Å². The maximum atomic E-state index is 12.8. The first kappa shape index (κ1) is 14.3. The normalized spacial score (nSPS) is 11.7. The Morgan fingerprint density at radius 3 is 2.33 bits per heavy atom. The van der Waals surface area contributed by atoms with Gasteiger partial charge in [-0.05, 0) is 12.0 Å². The van der Waals surface area contributed by atoms with Gasteiger partial charge in [0.05, 0.1) is 12.7 Å². The molecule has 0 radical (unpaired) electrons. The number of esters is 1. The fourth-order valence-electron chi connectivity index (χ4n) is 1.46. The number of carbonyl (C=O) groups is 1. The standard InChI is InChI=1S/C11H12F3NO3/c1-5(2)6-4-7(11(12,13)14)8(10(17)18-3)15-9(6)16/h4-5H,1-3H3,(H,15,16). The molecule has 0 bridgehead atoms. The molecule has 0 saturated carbocycles. The van der Waals surface area contributed by atoms with Gasteiger partial charge in [-0.1, -0.05) is 13.8 Å². The summed E-state index contributed by atoms with van der Waals surface area (Å²) < 4.78 is 42.6. The maximum absolute atomic E-state index is 12.8. The number of alkyl halides is 3. The summed E-state index contributed by atoms with van der Waals surface area (Å²) >= 11 is 0. The lowest BCUT2D eigenvalue weighted by atomic mass is 10.0. The summed E-state index contributed by atoms with van der Waals surface area (Å²) in [6, 6.07) is 0.690. The predicted octanol–water partition coefficient (Wildman–Crippen LogP) is 2.30. The van der Waals surface area contributed by atoms with Crippen molar-refractivity contribution in [3.63, 3.8) is 0 Å². The number of carbonyl (C=O) groups excluding carboxylic acids is 1.